The van der Waals surface area contributed by atoms with Crippen LogP contribution in [0.5, 0.6) is 0 Å². The van der Waals surface area contributed by atoms with Crippen LogP contribution in [0.25, 0.3) is 10.8 Å². The Hall–Kier alpha value is -3.82. The van der Waals surface area contributed by atoms with Gasteiger partial charge in [-0.3, -0.25) is 14.4 Å². The summed E-state index contributed by atoms with van der Waals surface area (Å²) in [5.74, 6) is -1.61. The second kappa shape index (κ2) is 12.6. The number of halogens is 1. The third kappa shape index (κ3) is 6.93. The number of aliphatic hydroxyl groups is 1. The fourth-order valence-electron chi connectivity index (χ4n) is 4.65. The highest BCUT2D eigenvalue weighted by molar-refractivity contribution is 5.94. The molecule has 9 heteroatoms. The van der Waals surface area contributed by atoms with Crippen LogP contribution in [0, 0.1) is 11.7 Å². The summed E-state index contributed by atoms with van der Waals surface area (Å²) in [4.78, 5) is 40.6. The second-order valence-electron chi connectivity index (χ2n) is 9.65. The first-order chi connectivity index (χ1) is 18.3. The van der Waals surface area contributed by atoms with Crippen LogP contribution in [0.15, 0.2) is 66.7 Å². The van der Waals surface area contributed by atoms with Gasteiger partial charge in [0.05, 0.1) is 6.10 Å². The third-order valence-corrected chi connectivity index (χ3v) is 6.91. The minimum atomic E-state index is -0.876. The molecule has 1 heterocycles. The predicted molar refractivity (Wildman–Crippen MR) is 143 cm³/mol. The van der Waals surface area contributed by atoms with Gasteiger partial charge in [-0.25, -0.2) is 4.39 Å². The van der Waals surface area contributed by atoms with Gasteiger partial charge >= 0.3 is 0 Å². The number of fused-ring (bicyclic) bond motifs is 1. The Morgan fingerprint density at radius 1 is 1.00 bits per heavy atom. The van der Waals surface area contributed by atoms with Crippen molar-refractivity contribution in [2.75, 3.05) is 26.2 Å². The Morgan fingerprint density at radius 3 is 2.37 bits per heavy atom. The van der Waals surface area contributed by atoms with Crippen molar-refractivity contribution in [3.8, 4) is 0 Å². The number of aliphatic hydroxyl groups excluding tert-OH is 1. The van der Waals surface area contributed by atoms with Crippen LogP contribution < -0.4 is 16.4 Å². The maximum absolute atomic E-state index is 13.2. The SMILES string of the molecule is NCC(O)CNC(=O)[C@@H](Cc1ccc2ccccc2c1)NC(=O)C1CCN(C(=O)c2ccc(F)cc2)CC1. The zero-order valence-electron chi connectivity index (χ0n) is 21.1. The number of likely N-dealkylation sites (tertiary alicyclic amines) is 1. The lowest BCUT2D eigenvalue weighted by molar-refractivity contribution is -0.132. The number of amides is 3. The van der Waals surface area contributed by atoms with Gasteiger partial charge in [0, 0.05) is 44.1 Å². The Balaban J connectivity index is 1.40. The summed E-state index contributed by atoms with van der Waals surface area (Å²) in [5.41, 5.74) is 6.75. The average Bonchev–Trinajstić information content (AvgIpc) is 2.95. The van der Waals surface area contributed by atoms with Crippen molar-refractivity contribution in [2.24, 2.45) is 11.7 Å². The number of nitrogens with two attached hydrogens (primary N) is 1. The van der Waals surface area contributed by atoms with Gasteiger partial charge in [-0.1, -0.05) is 42.5 Å². The van der Waals surface area contributed by atoms with Gasteiger partial charge in [0.2, 0.25) is 11.8 Å². The lowest BCUT2D eigenvalue weighted by Gasteiger charge is -2.32. The average molecular weight is 521 g/mol. The largest absolute Gasteiger partial charge is 0.390 e. The molecule has 4 rings (SSSR count). The van der Waals surface area contributed by atoms with Gasteiger partial charge in [0.25, 0.3) is 5.91 Å². The second-order valence-corrected chi connectivity index (χ2v) is 9.65. The number of rotatable bonds is 9. The molecule has 0 spiro atoms. The zero-order valence-corrected chi connectivity index (χ0v) is 21.1. The monoisotopic (exact) mass is 520 g/mol. The van der Waals surface area contributed by atoms with Crippen LogP contribution in [-0.4, -0.2) is 66.1 Å². The standard InChI is InChI=1S/C29H33FN4O4/c30-24-9-7-22(8-10-24)29(38)34-13-11-21(12-14-34)27(36)33-26(28(37)32-18-25(35)17-31)16-19-5-6-20-3-1-2-4-23(20)15-19/h1-10,15,21,25-26,35H,11-14,16-18,31H2,(H,32,37)(H,33,36)/t25?,26-/m1/s1. The maximum Gasteiger partial charge on any atom is 0.253 e. The van der Waals surface area contributed by atoms with Gasteiger partial charge < -0.3 is 26.4 Å². The smallest absolute Gasteiger partial charge is 0.253 e. The number of nitrogens with one attached hydrogen (secondary N) is 2. The molecule has 0 saturated carbocycles. The summed E-state index contributed by atoms with van der Waals surface area (Å²) in [6.07, 6.45) is 0.311. The van der Waals surface area contributed by atoms with E-state index in [0.29, 0.717) is 31.5 Å². The molecule has 1 saturated heterocycles. The van der Waals surface area contributed by atoms with E-state index in [1.54, 1.807) is 4.90 Å². The van der Waals surface area contributed by atoms with Crippen molar-refractivity contribution in [3.63, 3.8) is 0 Å². The van der Waals surface area contributed by atoms with Crippen molar-refractivity contribution in [1.29, 1.82) is 0 Å². The number of hydrogen-bond acceptors (Lipinski definition) is 5. The summed E-state index contributed by atoms with van der Waals surface area (Å²) in [5, 5.41) is 17.5. The molecule has 3 aromatic carbocycles. The number of carbonyl (C=O) groups is 3. The molecule has 0 aromatic heterocycles. The zero-order chi connectivity index (χ0) is 27.1. The highest BCUT2D eigenvalue weighted by Crippen LogP contribution is 2.21. The van der Waals surface area contributed by atoms with Gasteiger partial charge in [0.1, 0.15) is 11.9 Å². The molecular weight excluding hydrogens is 487 g/mol. The van der Waals surface area contributed by atoms with Crippen molar-refractivity contribution < 1.29 is 23.9 Å². The number of hydrogen-bond donors (Lipinski definition) is 4. The number of piperidine rings is 1. The fraction of sp³-hybridized carbons (Fsp3) is 0.345. The van der Waals surface area contributed by atoms with Crippen LogP contribution in [0.1, 0.15) is 28.8 Å². The molecule has 1 aliphatic heterocycles. The molecule has 1 fully saturated rings. The van der Waals surface area contributed by atoms with E-state index >= 15 is 0 Å². The van der Waals surface area contributed by atoms with Crippen LogP contribution in [0.3, 0.4) is 0 Å². The van der Waals surface area contributed by atoms with Crippen LogP contribution in [-0.2, 0) is 16.0 Å². The minimum Gasteiger partial charge on any atom is -0.390 e. The van der Waals surface area contributed by atoms with E-state index < -0.39 is 23.9 Å². The molecule has 0 aliphatic carbocycles. The first-order valence-corrected chi connectivity index (χ1v) is 12.8. The molecule has 1 aliphatic rings. The van der Waals surface area contributed by atoms with Crippen molar-refractivity contribution in [1.82, 2.24) is 15.5 Å². The number of benzene rings is 3. The highest BCUT2D eigenvalue weighted by atomic mass is 19.1. The predicted octanol–water partition coefficient (Wildman–Crippen LogP) is 1.99. The molecule has 1 unspecified atom stereocenters. The first-order valence-electron chi connectivity index (χ1n) is 12.8. The summed E-state index contributed by atoms with van der Waals surface area (Å²) in [7, 11) is 0. The molecule has 0 radical (unpaired) electrons. The molecule has 3 aromatic rings. The lowest BCUT2D eigenvalue weighted by atomic mass is 9.94. The Morgan fingerprint density at radius 2 is 1.68 bits per heavy atom. The van der Waals surface area contributed by atoms with E-state index in [4.69, 9.17) is 5.73 Å². The minimum absolute atomic E-state index is 0.0106. The lowest BCUT2D eigenvalue weighted by Crippen LogP contribution is -2.52. The summed E-state index contributed by atoms with van der Waals surface area (Å²) in [6.45, 7) is 0.775. The normalized spacial score (nSPS) is 15.6. The fourth-order valence-corrected chi connectivity index (χ4v) is 4.65. The first kappa shape index (κ1) is 27.2. The van der Waals surface area contributed by atoms with Crippen LogP contribution in [0.4, 0.5) is 4.39 Å². The van der Waals surface area contributed by atoms with Gasteiger partial charge in [-0.15, -0.1) is 0 Å². The van der Waals surface area contributed by atoms with E-state index in [0.717, 1.165) is 16.3 Å². The quantitative estimate of drug-likeness (QED) is 0.344. The molecule has 200 valence electrons. The molecule has 38 heavy (non-hydrogen) atoms. The van der Waals surface area contributed by atoms with E-state index in [1.807, 2.05) is 42.5 Å². The van der Waals surface area contributed by atoms with Crippen LogP contribution in [0.2, 0.25) is 0 Å². The Kier molecular flexibility index (Phi) is 9.04. The van der Waals surface area contributed by atoms with E-state index in [2.05, 4.69) is 10.6 Å². The molecule has 5 N–H and O–H groups in total. The Bertz CT molecular complexity index is 1280. The van der Waals surface area contributed by atoms with Gasteiger partial charge in [0.15, 0.2) is 0 Å². The molecule has 2 atom stereocenters. The van der Waals surface area contributed by atoms with Crippen molar-refractivity contribution in [3.05, 3.63) is 83.7 Å². The maximum atomic E-state index is 13.2. The van der Waals surface area contributed by atoms with E-state index in [1.165, 1.54) is 24.3 Å². The molecule has 3 amide bonds. The topological polar surface area (TPSA) is 125 Å². The van der Waals surface area contributed by atoms with Crippen molar-refractivity contribution in [2.45, 2.75) is 31.4 Å². The Labute approximate surface area is 221 Å². The number of nitrogens with zero attached hydrogens (tertiary/aromatic N) is 1. The van der Waals surface area contributed by atoms with E-state index in [-0.39, 0.29) is 37.2 Å². The van der Waals surface area contributed by atoms with E-state index in [9.17, 15) is 23.9 Å². The van der Waals surface area contributed by atoms with Gasteiger partial charge in [-0.2, -0.15) is 0 Å². The van der Waals surface area contributed by atoms with Gasteiger partial charge in [-0.05, 0) is 53.4 Å². The summed E-state index contributed by atoms with van der Waals surface area (Å²) in [6, 6.07) is 18.4. The number of carbonyl (C=O) groups excluding carboxylic acids is 3. The molecule has 8 nitrogen and oxygen atoms in total. The highest BCUT2D eigenvalue weighted by Gasteiger charge is 2.30. The van der Waals surface area contributed by atoms with Crippen molar-refractivity contribution >= 4 is 28.5 Å². The molecular formula is C29H33FN4O4. The summed E-state index contributed by atoms with van der Waals surface area (Å²) < 4.78 is 13.2. The molecule has 0 bridgehead atoms. The third-order valence-electron chi connectivity index (χ3n) is 6.91. The summed E-state index contributed by atoms with van der Waals surface area (Å²) >= 11 is 0. The van der Waals surface area contributed by atoms with Crippen LogP contribution >= 0.6 is 0 Å².